The maximum atomic E-state index is 12.7. The molecule has 0 aliphatic carbocycles. The van der Waals surface area contributed by atoms with Crippen molar-refractivity contribution in [2.75, 3.05) is 5.75 Å². The lowest BCUT2D eigenvalue weighted by Crippen LogP contribution is -2.33. The summed E-state index contributed by atoms with van der Waals surface area (Å²) in [6.07, 6.45) is 3.33. The fourth-order valence-electron chi connectivity index (χ4n) is 4.36. The molecule has 1 aliphatic rings. The average molecular weight is 512 g/mol. The Labute approximate surface area is 212 Å². The summed E-state index contributed by atoms with van der Waals surface area (Å²) in [6, 6.07) is 7.00. The molecule has 0 bridgehead atoms. The summed E-state index contributed by atoms with van der Waals surface area (Å²) >= 11 is 9.03. The monoisotopic (exact) mass is 511 g/mol. The van der Waals surface area contributed by atoms with Crippen LogP contribution in [0.15, 0.2) is 35.6 Å². The molecule has 0 radical (unpaired) electrons. The number of hydrogen-bond acceptors (Lipinski definition) is 7. The number of ketones is 1. The molecule has 8 heteroatoms. The molecule has 1 aliphatic heterocycles. The summed E-state index contributed by atoms with van der Waals surface area (Å²) in [4.78, 5) is 28.0. The second-order valence-corrected chi connectivity index (χ2v) is 12.1. The zero-order valence-corrected chi connectivity index (χ0v) is 22.0. The van der Waals surface area contributed by atoms with Crippen molar-refractivity contribution in [3.63, 3.8) is 0 Å². The highest BCUT2D eigenvalue weighted by molar-refractivity contribution is 8.00. The molecule has 0 amide bonds. The number of carbonyl (C=O) groups is 1. The van der Waals surface area contributed by atoms with Crippen molar-refractivity contribution in [1.29, 1.82) is 0 Å². The normalized spacial score (nSPS) is 15.2. The van der Waals surface area contributed by atoms with Gasteiger partial charge in [0.15, 0.2) is 5.78 Å². The number of thiophene rings is 1. The van der Waals surface area contributed by atoms with E-state index < -0.39 is 0 Å². The first-order valence-electron chi connectivity index (χ1n) is 11.3. The van der Waals surface area contributed by atoms with E-state index in [1.54, 1.807) is 41.9 Å². The summed E-state index contributed by atoms with van der Waals surface area (Å²) in [7, 11) is 0. The summed E-state index contributed by atoms with van der Waals surface area (Å²) in [5.41, 5.74) is 4.98. The molecule has 1 aromatic carbocycles. The van der Waals surface area contributed by atoms with Crippen molar-refractivity contribution >= 4 is 60.9 Å². The standard InChI is InChI=1S/C26H26ClN3O2S2/c1-14(2)9-19-18-11-32-26(3,4)10-17(18)21-22-23(34-24(21)30-19)25(29-13-28-22)33-12-20(31)15-5-7-16(27)8-6-15/h5-8,13-14H,9-12H2,1-4H3. The maximum Gasteiger partial charge on any atom is 0.173 e. The minimum Gasteiger partial charge on any atom is -0.370 e. The molecule has 0 atom stereocenters. The van der Waals surface area contributed by atoms with Gasteiger partial charge in [-0.15, -0.1) is 11.3 Å². The minimum absolute atomic E-state index is 0.0446. The molecule has 4 aromatic rings. The topological polar surface area (TPSA) is 65.0 Å². The predicted molar refractivity (Wildman–Crippen MR) is 140 cm³/mol. The number of pyridine rings is 1. The van der Waals surface area contributed by atoms with Crippen LogP contribution >= 0.6 is 34.7 Å². The van der Waals surface area contributed by atoms with Gasteiger partial charge in [-0.3, -0.25) is 4.79 Å². The number of nitrogens with zero attached hydrogens (tertiary/aromatic N) is 3. The van der Waals surface area contributed by atoms with Gasteiger partial charge in [-0.2, -0.15) is 0 Å². The van der Waals surface area contributed by atoms with Crippen molar-refractivity contribution in [2.45, 2.75) is 57.8 Å². The first-order valence-corrected chi connectivity index (χ1v) is 13.5. The van der Waals surface area contributed by atoms with Crippen LogP contribution in [0.3, 0.4) is 0 Å². The van der Waals surface area contributed by atoms with E-state index in [1.807, 2.05) is 0 Å². The lowest BCUT2D eigenvalue weighted by atomic mass is 9.88. The Hall–Kier alpha value is -2.06. The van der Waals surface area contributed by atoms with E-state index in [-0.39, 0.29) is 11.4 Å². The molecule has 176 valence electrons. The molecule has 0 spiro atoms. The van der Waals surface area contributed by atoms with Crippen LogP contribution in [0.1, 0.15) is 54.9 Å². The van der Waals surface area contributed by atoms with Crippen molar-refractivity contribution in [3.05, 3.63) is 58.0 Å². The number of thioether (sulfide) groups is 1. The van der Waals surface area contributed by atoms with Crippen LogP contribution in [0, 0.1) is 5.92 Å². The summed E-state index contributed by atoms with van der Waals surface area (Å²) < 4.78 is 7.16. The fourth-order valence-corrected chi connectivity index (χ4v) is 6.64. The highest BCUT2D eigenvalue weighted by Gasteiger charge is 2.31. The van der Waals surface area contributed by atoms with Crippen molar-refractivity contribution in [3.8, 4) is 0 Å². The van der Waals surface area contributed by atoms with Gasteiger partial charge < -0.3 is 4.74 Å². The molecule has 0 saturated heterocycles. The van der Waals surface area contributed by atoms with E-state index in [0.29, 0.717) is 28.9 Å². The molecule has 0 N–H and O–H groups in total. The highest BCUT2D eigenvalue weighted by atomic mass is 35.5. The van der Waals surface area contributed by atoms with Gasteiger partial charge in [0, 0.05) is 33.7 Å². The summed E-state index contributed by atoms with van der Waals surface area (Å²) in [6.45, 7) is 9.28. The van der Waals surface area contributed by atoms with Gasteiger partial charge in [0.2, 0.25) is 0 Å². The number of benzene rings is 1. The van der Waals surface area contributed by atoms with Gasteiger partial charge in [0.1, 0.15) is 16.2 Å². The van der Waals surface area contributed by atoms with Crippen LogP contribution in [0.5, 0.6) is 0 Å². The molecule has 5 rings (SSSR count). The number of ether oxygens (including phenoxy) is 1. The number of fused-ring (bicyclic) bond motifs is 5. The Bertz CT molecular complexity index is 1400. The third kappa shape index (κ3) is 4.59. The van der Waals surface area contributed by atoms with Crippen molar-refractivity contribution in [2.24, 2.45) is 5.92 Å². The smallest absolute Gasteiger partial charge is 0.173 e. The van der Waals surface area contributed by atoms with Crippen LogP contribution in [0.2, 0.25) is 5.02 Å². The van der Waals surface area contributed by atoms with Crippen LogP contribution in [0.25, 0.3) is 20.4 Å². The molecule has 0 fully saturated rings. The highest BCUT2D eigenvalue weighted by Crippen LogP contribution is 2.43. The van der Waals surface area contributed by atoms with Crippen molar-refractivity contribution in [1.82, 2.24) is 15.0 Å². The Morgan fingerprint density at radius 2 is 1.97 bits per heavy atom. The van der Waals surface area contributed by atoms with E-state index in [1.165, 1.54) is 22.9 Å². The van der Waals surface area contributed by atoms with Gasteiger partial charge in [0.25, 0.3) is 0 Å². The molecule has 5 nitrogen and oxygen atoms in total. The fraction of sp³-hybridized carbons (Fsp3) is 0.385. The Balaban J connectivity index is 1.57. The van der Waals surface area contributed by atoms with Crippen LogP contribution in [-0.2, 0) is 24.2 Å². The van der Waals surface area contributed by atoms with Gasteiger partial charge in [-0.25, -0.2) is 15.0 Å². The number of hydrogen-bond donors (Lipinski definition) is 0. The Kier molecular flexibility index (Phi) is 6.40. The van der Waals surface area contributed by atoms with Gasteiger partial charge >= 0.3 is 0 Å². The average Bonchev–Trinajstić information content (AvgIpc) is 3.16. The summed E-state index contributed by atoms with van der Waals surface area (Å²) in [5.74, 6) is 0.846. The molecule has 3 aromatic heterocycles. The van der Waals surface area contributed by atoms with Gasteiger partial charge in [-0.1, -0.05) is 37.2 Å². The molecule has 34 heavy (non-hydrogen) atoms. The number of halogens is 1. The zero-order chi connectivity index (χ0) is 24.0. The molecule has 0 saturated carbocycles. The van der Waals surface area contributed by atoms with E-state index in [9.17, 15) is 4.79 Å². The van der Waals surface area contributed by atoms with Crippen molar-refractivity contribution < 1.29 is 9.53 Å². The van der Waals surface area contributed by atoms with E-state index in [2.05, 4.69) is 37.7 Å². The largest absolute Gasteiger partial charge is 0.370 e. The van der Waals surface area contributed by atoms with E-state index in [4.69, 9.17) is 21.3 Å². The third-order valence-electron chi connectivity index (χ3n) is 5.99. The molecule has 0 unspecified atom stereocenters. The quantitative estimate of drug-likeness (QED) is 0.159. The molecular weight excluding hydrogens is 486 g/mol. The number of rotatable bonds is 6. The summed E-state index contributed by atoms with van der Waals surface area (Å²) in [5, 5.41) is 2.56. The Morgan fingerprint density at radius 1 is 1.21 bits per heavy atom. The van der Waals surface area contributed by atoms with E-state index >= 15 is 0 Å². The lowest BCUT2D eigenvalue weighted by molar-refractivity contribution is -0.0402. The second kappa shape index (κ2) is 9.19. The number of Topliss-reactive ketones (excluding diaryl/α,β-unsaturated/α-hetero) is 1. The third-order valence-corrected chi connectivity index (χ3v) is 8.44. The zero-order valence-electron chi connectivity index (χ0n) is 19.6. The number of aromatic nitrogens is 3. The first-order chi connectivity index (χ1) is 16.2. The van der Waals surface area contributed by atoms with Crippen LogP contribution < -0.4 is 0 Å². The SMILES string of the molecule is CC(C)Cc1nc2sc3c(SCC(=O)c4ccc(Cl)cc4)ncnc3c2c2c1COC(C)(C)C2. The molecular formula is C26H26ClN3O2S2. The number of carbonyl (C=O) groups excluding carboxylic acids is 1. The minimum atomic E-state index is -0.236. The predicted octanol–water partition coefficient (Wildman–Crippen LogP) is 6.92. The Morgan fingerprint density at radius 3 is 2.71 bits per heavy atom. The van der Waals surface area contributed by atoms with Crippen LogP contribution in [0.4, 0.5) is 0 Å². The molecule has 4 heterocycles. The van der Waals surface area contributed by atoms with Crippen LogP contribution in [-0.4, -0.2) is 32.1 Å². The second-order valence-electron chi connectivity index (χ2n) is 9.70. The van der Waals surface area contributed by atoms with E-state index in [0.717, 1.165) is 44.0 Å². The maximum absolute atomic E-state index is 12.7. The van der Waals surface area contributed by atoms with Gasteiger partial charge in [-0.05, 0) is 56.0 Å². The lowest BCUT2D eigenvalue weighted by Gasteiger charge is -2.33. The first kappa shape index (κ1) is 23.7. The van der Waals surface area contributed by atoms with Gasteiger partial charge in [0.05, 0.1) is 28.2 Å².